The molecule has 0 aliphatic carbocycles. The van der Waals surface area contributed by atoms with Crippen molar-refractivity contribution in [2.45, 2.75) is 13.0 Å². The Balaban J connectivity index is 1.54. The molecule has 1 aliphatic rings. The Kier molecular flexibility index (Phi) is 5.98. The number of rotatable bonds is 5. The molecule has 2 aromatic rings. The SMILES string of the molecule is C[C@@H](OC(=O)/C=C/c1ccc2c(c1)OCCO2)C(=O)Nc1ccc(Cl)cc1. The van der Waals surface area contributed by atoms with Gasteiger partial charge in [0.15, 0.2) is 17.6 Å². The molecule has 0 radical (unpaired) electrons. The Labute approximate surface area is 161 Å². The van der Waals surface area contributed by atoms with Gasteiger partial charge in [0, 0.05) is 16.8 Å². The fourth-order valence-electron chi connectivity index (χ4n) is 2.37. The van der Waals surface area contributed by atoms with Gasteiger partial charge in [0.25, 0.3) is 5.91 Å². The second kappa shape index (κ2) is 8.60. The van der Waals surface area contributed by atoms with Gasteiger partial charge < -0.3 is 19.5 Å². The largest absolute Gasteiger partial charge is 0.486 e. The minimum absolute atomic E-state index is 0.432. The number of benzene rings is 2. The highest BCUT2D eigenvalue weighted by Crippen LogP contribution is 2.31. The highest BCUT2D eigenvalue weighted by atomic mass is 35.5. The Morgan fingerprint density at radius 1 is 1.11 bits per heavy atom. The van der Waals surface area contributed by atoms with Gasteiger partial charge in [-0.15, -0.1) is 0 Å². The molecule has 140 valence electrons. The number of esters is 1. The third kappa shape index (κ3) is 5.24. The van der Waals surface area contributed by atoms with E-state index in [2.05, 4.69) is 5.32 Å². The summed E-state index contributed by atoms with van der Waals surface area (Å²) in [5, 5.41) is 3.22. The Morgan fingerprint density at radius 2 is 1.81 bits per heavy atom. The lowest BCUT2D eigenvalue weighted by atomic mass is 10.2. The van der Waals surface area contributed by atoms with E-state index in [0.717, 1.165) is 5.56 Å². The average molecular weight is 388 g/mol. The van der Waals surface area contributed by atoms with Gasteiger partial charge in [0.05, 0.1) is 0 Å². The molecule has 0 spiro atoms. The van der Waals surface area contributed by atoms with E-state index < -0.39 is 18.0 Å². The minimum atomic E-state index is -0.946. The Bertz CT molecular complexity index is 863. The first-order chi connectivity index (χ1) is 13.0. The van der Waals surface area contributed by atoms with E-state index in [1.165, 1.54) is 13.0 Å². The van der Waals surface area contributed by atoms with E-state index in [1.807, 2.05) is 0 Å². The summed E-state index contributed by atoms with van der Waals surface area (Å²) < 4.78 is 16.1. The number of ether oxygens (including phenoxy) is 3. The molecule has 0 aromatic heterocycles. The predicted molar refractivity (Wildman–Crippen MR) is 102 cm³/mol. The third-order valence-corrected chi connectivity index (χ3v) is 4.00. The fraction of sp³-hybridized carbons (Fsp3) is 0.200. The van der Waals surface area contributed by atoms with Crippen molar-refractivity contribution in [3.63, 3.8) is 0 Å². The van der Waals surface area contributed by atoms with E-state index in [-0.39, 0.29) is 0 Å². The first-order valence-electron chi connectivity index (χ1n) is 8.36. The van der Waals surface area contributed by atoms with Crippen LogP contribution in [-0.4, -0.2) is 31.2 Å². The molecule has 1 N–H and O–H groups in total. The normalized spacial score (nSPS) is 13.9. The standard InChI is InChI=1S/C20H18ClNO5/c1-13(20(24)22-16-6-4-15(21)5-7-16)27-19(23)9-3-14-2-8-17-18(12-14)26-11-10-25-17/h2-9,12-13H,10-11H2,1H3,(H,22,24)/b9-3+/t13-/m1/s1. The molecule has 0 fully saturated rings. The summed E-state index contributed by atoms with van der Waals surface area (Å²) in [7, 11) is 0. The number of amides is 1. The van der Waals surface area contributed by atoms with E-state index in [1.54, 1.807) is 48.5 Å². The molecule has 0 bridgehead atoms. The molecule has 1 atom stereocenters. The van der Waals surface area contributed by atoms with Crippen molar-refractivity contribution in [3.8, 4) is 11.5 Å². The van der Waals surface area contributed by atoms with Crippen LogP contribution in [0.5, 0.6) is 11.5 Å². The van der Waals surface area contributed by atoms with Gasteiger partial charge in [0.1, 0.15) is 13.2 Å². The second-order valence-electron chi connectivity index (χ2n) is 5.81. The predicted octanol–water partition coefficient (Wildman–Crippen LogP) is 3.69. The van der Waals surface area contributed by atoms with Crippen molar-refractivity contribution < 1.29 is 23.8 Å². The summed E-state index contributed by atoms with van der Waals surface area (Å²) in [6, 6.07) is 12.0. The van der Waals surface area contributed by atoms with E-state index in [9.17, 15) is 9.59 Å². The summed E-state index contributed by atoms with van der Waals surface area (Å²) in [5.41, 5.74) is 1.33. The number of hydrogen-bond donors (Lipinski definition) is 1. The van der Waals surface area contributed by atoms with Crippen molar-refractivity contribution in [2.24, 2.45) is 0 Å². The summed E-state index contributed by atoms with van der Waals surface area (Å²) in [4.78, 5) is 24.0. The molecule has 2 aromatic carbocycles. The maximum absolute atomic E-state index is 12.1. The highest BCUT2D eigenvalue weighted by molar-refractivity contribution is 6.30. The quantitative estimate of drug-likeness (QED) is 0.625. The molecule has 27 heavy (non-hydrogen) atoms. The van der Waals surface area contributed by atoms with Crippen LogP contribution in [0.25, 0.3) is 6.08 Å². The zero-order valence-corrected chi connectivity index (χ0v) is 15.4. The van der Waals surface area contributed by atoms with Crippen LogP contribution in [0.2, 0.25) is 5.02 Å². The van der Waals surface area contributed by atoms with Crippen LogP contribution in [0.4, 0.5) is 5.69 Å². The van der Waals surface area contributed by atoms with Gasteiger partial charge in [-0.3, -0.25) is 4.79 Å². The molecule has 7 heteroatoms. The van der Waals surface area contributed by atoms with Crippen LogP contribution in [0.3, 0.4) is 0 Å². The topological polar surface area (TPSA) is 73.9 Å². The molecule has 1 aliphatic heterocycles. The monoisotopic (exact) mass is 387 g/mol. The van der Waals surface area contributed by atoms with Crippen LogP contribution >= 0.6 is 11.6 Å². The smallest absolute Gasteiger partial charge is 0.331 e. The third-order valence-electron chi connectivity index (χ3n) is 3.75. The molecule has 0 unspecified atom stereocenters. The second-order valence-corrected chi connectivity index (χ2v) is 6.25. The number of carbonyl (C=O) groups excluding carboxylic acids is 2. The molecule has 3 rings (SSSR count). The molecule has 1 heterocycles. The number of halogens is 1. The van der Waals surface area contributed by atoms with Crippen LogP contribution in [0.1, 0.15) is 12.5 Å². The fourth-order valence-corrected chi connectivity index (χ4v) is 2.50. The van der Waals surface area contributed by atoms with Crippen molar-refractivity contribution in [1.82, 2.24) is 0 Å². The summed E-state index contributed by atoms with van der Waals surface area (Å²) in [6.07, 6.45) is 1.90. The van der Waals surface area contributed by atoms with Gasteiger partial charge >= 0.3 is 5.97 Å². The number of fused-ring (bicyclic) bond motifs is 1. The summed E-state index contributed by atoms with van der Waals surface area (Å²) >= 11 is 5.80. The lowest BCUT2D eigenvalue weighted by molar-refractivity contribution is -0.148. The summed E-state index contributed by atoms with van der Waals surface area (Å²) in [6.45, 7) is 2.51. The van der Waals surface area contributed by atoms with E-state index >= 15 is 0 Å². The van der Waals surface area contributed by atoms with Gasteiger partial charge in [-0.1, -0.05) is 17.7 Å². The number of carbonyl (C=O) groups is 2. The van der Waals surface area contributed by atoms with Crippen molar-refractivity contribution >= 4 is 35.2 Å². The Hall–Kier alpha value is -2.99. The first kappa shape index (κ1) is 18.8. The van der Waals surface area contributed by atoms with Gasteiger partial charge in [-0.05, 0) is 55.0 Å². The average Bonchev–Trinajstić information content (AvgIpc) is 2.68. The lowest BCUT2D eigenvalue weighted by Crippen LogP contribution is -2.29. The minimum Gasteiger partial charge on any atom is -0.486 e. The molecule has 0 saturated carbocycles. The zero-order chi connectivity index (χ0) is 19.2. The van der Waals surface area contributed by atoms with Crippen molar-refractivity contribution in [3.05, 3.63) is 59.1 Å². The maximum Gasteiger partial charge on any atom is 0.331 e. The maximum atomic E-state index is 12.1. The molecular weight excluding hydrogens is 370 g/mol. The number of hydrogen-bond acceptors (Lipinski definition) is 5. The first-order valence-corrected chi connectivity index (χ1v) is 8.74. The van der Waals surface area contributed by atoms with Gasteiger partial charge in [-0.2, -0.15) is 0 Å². The lowest BCUT2D eigenvalue weighted by Gasteiger charge is -2.18. The molecule has 0 saturated heterocycles. The molecule has 6 nitrogen and oxygen atoms in total. The van der Waals surface area contributed by atoms with E-state index in [0.29, 0.717) is 35.4 Å². The van der Waals surface area contributed by atoms with Crippen molar-refractivity contribution in [2.75, 3.05) is 18.5 Å². The van der Waals surface area contributed by atoms with Gasteiger partial charge in [-0.25, -0.2) is 4.79 Å². The Morgan fingerprint density at radius 3 is 2.56 bits per heavy atom. The van der Waals surface area contributed by atoms with Crippen LogP contribution in [-0.2, 0) is 14.3 Å². The van der Waals surface area contributed by atoms with E-state index in [4.69, 9.17) is 25.8 Å². The van der Waals surface area contributed by atoms with Crippen LogP contribution in [0, 0.1) is 0 Å². The summed E-state index contributed by atoms with van der Waals surface area (Å²) in [5.74, 6) is 0.253. The van der Waals surface area contributed by atoms with Gasteiger partial charge in [0.2, 0.25) is 0 Å². The zero-order valence-electron chi connectivity index (χ0n) is 14.6. The van der Waals surface area contributed by atoms with Crippen molar-refractivity contribution in [1.29, 1.82) is 0 Å². The number of nitrogens with one attached hydrogen (secondary N) is 1. The molecular formula is C20H18ClNO5. The van der Waals surface area contributed by atoms with Crippen LogP contribution < -0.4 is 14.8 Å². The number of anilines is 1. The molecule has 1 amide bonds. The highest BCUT2D eigenvalue weighted by Gasteiger charge is 2.17. The van der Waals surface area contributed by atoms with Crippen LogP contribution in [0.15, 0.2) is 48.5 Å².